The van der Waals surface area contributed by atoms with Gasteiger partial charge in [0.2, 0.25) is 0 Å². The topological polar surface area (TPSA) is 115 Å². The number of anilines is 1. The number of rotatable bonds is 8. The maximum absolute atomic E-state index is 12.0. The Kier molecular flexibility index (Phi) is 8.54. The standard InChI is InChI=1S/C24H26N4O4/c1-5-7-19-12-18(8-9-22(19)29)13-21-16(3)10-20(11-17(21)4)27-26-14-23(30)28(15-25)24(31)32-6-2/h5,8-12,14,27,29H,1,6-7,13H2,2-4H3. The predicted octanol–water partition coefficient (Wildman–Crippen LogP) is 4.19. The molecule has 0 aliphatic carbocycles. The number of ether oxygens (including phenoxy) is 1. The normalized spacial score (nSPS) is 10.4. The summed E-state index contributed by atoms with van der Waals surface area (Å²) < 4.78 is 4.64. The number of aryl methyl sites for hydroxylation is 2. The number of amides is 2. The van der Waals surface area contributed by atoms with E-state index in [1.54, 1.807) is 19.1 Å². The van der Waals surface area contributed by atoms with Gasteiger partial charge in [0, 0.05) is 0 Å². The number of hydrogen-bond donors (Lipinski definition) is 2. The fraction of sp³-hybridized carbons (Fsp3) is 0.250. The molecule has 2 aromatic carbocycles. The Morgan fingerprint density at radius 1 is 1.28 bits per heavy atom. The molecule has 0 bridgehead atoms. The van der Waals surface area contributed by atoms with Gasteiger partial charge >= 0.3 is 6.09 Å². The molecule has 0 radical (unpaired) electrons. The summed E-state index contributed by atoms with van der Waals surface area (Å²) in [5.74, 6) is -0.654. The number of phenols is 1. The molecule has 2 N–H and O–H groups in total. The number of hydrogen-bond acceptors (Lipinski definition) is 7. The summed E-state index contributed by atoms with van der Waals surface area (Å²) in [5.41, 5.74) is 8.51. The number of carbonyl (C=O) groups excluding carboxylic acids is 2. The summed E-state index contributed by atoms with van der Waals surface area (Å²) in [6.45, 7) is 9.30. The van der Waals surface area contributed by atoms with E-state index in [4.69, 9.17) is 5.26 Å². The second-order valence-corrected chi connectivity index (χ2v) is 7.06. The Morgan fingerprint density at radius 3 is 2.56 bits per heavy atom. The molecule has 2 amide bonds. The largest absolute Gasteiger partial charge is 0.508 e. The molecule has 8 heteroatoms. The van der Waals surface area contributed by atoms with Gasteiger partial charge in [-0.3, -0.25) is 10.2 Å². The van der Waals surface area contributed by atoms with Crippen LogP contribution in [0.15, 0.2) is 48.1 Å². The van der Waals surface area contributed by atoms with E-state index in [2.05, 4.69) is 21.8 Å². The average molecular weight is 434 g/mol. The lowest BCUT2D eigenvalue weighted by molar-refractivity contribution is -0.119. The van der Waals surface area contributed by atoms with Crippen LogP contribution in [0.2, 0.25) is 0 Å². The summed E-state index contributed by atoms with van der Waals surface area (Å²) >= 11 is 0. The summed E-state index contributed by atoms with van der Waals surface area (Å²) in [7, 11) is 0. The summed E-state index contributed by atoms with van der Waals surface area (Å²) in [6.07, 6.45) is 4.31. The zero-order chi connectivity index (χ0) is 23.7. The van der Waals surface area contributed by atoms with Gasteiger partial charge in [-0.25, -0.2) is 4.79 Å². The molecule has 8 nitrogen and oxygen atoms in total. The molecular weight excluding hydrogens is 408 g/mol. The van der Waals surface area contributed by atoms with Gasteiger partial charge in [0.05, 0.1) is 12.3 Å². The first-order chi connectivity index (χ1) is 15.3. The highest BCUT2D eigenvalue weighted by atomic mass is 16.6. The smallest absolute Gasteiger partial charge is 0.430 e. The lowest BCUT2D eigenvalue weighted by Crippen LogP contribution is -2.34. The summed E-state index contributed by atoms with van der Waals surface area (Å²) in [4.78, 5) is 23.8. The molecule has 0 spiro atoms. The van der Waals surface area contributed by atoms with Crippen LogP contribution in [0, 0.1) is 25.3 Å². The van der Waals surface area contributed by atoms with Crippen LogP contribution in [0.1, 0.15) is 34.7 Å². The van der Waals surface area contributed by atoms with Crippen LogP contribution < -0.4 is 5.43 Å². The minimum atomic E-state index is -1.05. The molecule has 2 rings (SSSR count). The number of nitriles is 1. The summed E-state index contributed by atoms with van der Waals surface area (Å²) in [5, 5.41) is 22.7. The van der Waals surface area contributed by atoms with Gasteiger partial charge in [-0.15, -0.1) is 11.5 Å². The van der Waals surface area contributed by atoms with Gasteiger partial charge in [0.25, 0.3) is 5.91 Å². The number of benzene rings is 2. The lowest BCUT2D eigenvalue weighted by atomic mass is 9.94. The third kappa shape index (κ3) is 6.19. The van der Waals surface area contributed by atoms with Crippen LogP contribution in [0.25, 0.3) is 0 Å². The number of nitrogens with one attached hydrogen (secondary N) is 1. The van der Waals surface area contributed by atoms with Gasteiger partial charge in [-0.1, -0.05) is 18.2 Å². The van der Waals surface area contributed by atoms with E-state index in [0.717, 1.165) is 34.0 Å². The van der Waals surface area contributed by atoms with Crippen LogP contribution in [0.4, 0.5) is 10.5 Å². The molecule has 0 atom stereocenters. The van der Waals surface area contributed by atoms with Gasteiger partial charge in [0.1, 0.15) is 12.0 Å². The van der Waals surface area contributed by atoms with E-state index in [9.17, 15) is 14.7 Å². The van der Waals surface area contributed by atoms with Crippen molar-refractivity contribution in [2.75, 3.05) is 12.0 Å². The molecule has 0 aromatic heterocycles. The molecule has 0 saturated carbocycles. The maximum Gasteiger partial charge on any atom is 0.430 e. The summed E-state index contributed by atoms with van der Waals surface area (Å²) in [6, 6.07) is 9.35. The average Bonchev–Trinajstić information content (AvgIpc) is 2.74. The highest BCUT2D eigenvalue weighted by molar-refractivity contribution is 6.30. The lowest BCUT2D eigenvalue weighted by Gasteiger charge is -2.14. The van der Waals surface area contributed by atoms with E-state index in [0.29, 0.717) is 18.5 Å². The number of allylic oxidation sites excluding steroid dienone is 1. The van der Waals surface area contributed by atoms with Crippen LogP contribution in [0.3, 0.4) is 0 Å². The zero-order valence-corrected chi connectivity index (χ0v) is 18.4. The molecule has 166 valence electrons. The van der Waals surface area contributed by atoms with Crippen molar-refractivity contribution in [1.82, 2.24) is 4.90 Å². The Bertz CT molecular complexity index is 1060. The van der Waals surface area contributed by atoms with Crippen molar-refractivity contribution in [1.29, 1.82) is 5.26 Å². The van der Waals surface area contributed by atoms with Crippen LogP contribution in [0.5, 0.6) is 5.75 Å². The molecule has 0 aliphatic rings. The van der Waals surface area contributed by atoms with E-state index < -0.39 is 12.0 Å². The van der Waals surface area contributed by atoms with Crippen molar-refractivity contribution in [2.24, 2.45) is 5.10 Å². The number of imide groups is 1. The van der Waals surface area contributed by atoms with Crippen LogP contribution in [-0.4, -0.2) is 34.8 Å². The quantitative estimate of drug-likeness (QED) is 0.212. The zero-order valence-electron chi connectivity index (χ0n) is 18.4. The predicted molar refractivity (Wildman–Crippen MR) is 122 cm³/mol. The third-order valence-electron chi connectivity index (χ3n) is 4.72. The second kappa shape index (κ2) is 11.3. The monoisotopic (exact) mass is 434 g/mol. The Labute approximate surface area is 187 Å². The van der Waals surface area contributed by atoms with E-state index >= 15 is 0 Å². The fourth-order valence-corrected chi connectivity index (χ4v) is 3.20. The van der Waals surface area contributed by atoms with Crippen LogP contribution in [-0.2, 0) is 22.4 Å². The highest BCUT2D eigenvalue weighted by Gasteiger charge is 2.21. The number of aromatic hydroxyl groups is 1. The molecule has 0 saturated heterocycles. The molecule has 2 aromatic rings. The first-order valence-corrected chi connectivity index (χ1v) is 10.0. The van der Waals surface area contributed by atoms with Crippen molar-refractivity contribution in [3.63, 3.8) is 0 Å². The highest BCUT2D eigenvalue weighted by Crippen LogP contribution is 2.26. The minimum absolute atomic E-state index is 0.0459. The van der Waals surface area contributed by atoms with E-state index in [1.165, 1.54) is 6.19 Å². The first kappa shape index (κ1) is 24.2. The Hall–Kier alpha value is -4.12. The molecule has 0 fully saturated rings. The molecule has 0 unspecified atom stereocenters. The minimum Gasteiger partial charge on any atom is -0.508 e. The Balaban J connectivity index is 2.13. The number of phenolic OH excluding ortho intramolecular Hbond substituents is 1. The number of carbonyl (C=O) groups is 2. The van der Waals surface area contributed by atoms with Crippen LogP contribution >= 0.6 is 0 Å². The molecule has 0 aliphatic heterocycles. The Morgan fingerprint density at radius 2 is 1.97 bits per heavy atom. The maximum atomic E-state index is 12.0. The fourth-order valence-electron chi connectivity index (χ4n) is 3.20. The van der Waals surface area contributed by atoms with Gasteiger partial charge in [-0.05, 0) is 79.6 Å². The van der Waals surface area contributed by atoms with Crippen molar-refractivity contribution in [2.45, 2.75) is 33.6 Å². The molecular formula is C24H26N4O4. The van der Waals surface area contributed by atoms with Gasteiger partial charge in [-0.2, -0.15) is 10.4 Å². The van der Waals surface area contributed by atoms with Crippen molar-refractivity contribution < 1.29 is 19.4 Å². The first-order valence-electron chi connectivity index (χ1n) is 10.0. The van der Waals surface area contributed by atoms with Gasteiger partial charge in [0.15, 0.2) is 6.19 Å². The number of nitrogens with zero attached hydrogens (tertiary/aromatic N) is 3. The second-order valence-electron chi connectivity index (χ2n) is 7.06. The SMILES string of the molecule is C=CCc1cc(Cc2c(C)cc(NN=CC(=O)N(C#N)C(=O)OCC)cc2C)ccc1O. The third-order valence-corrected chi connectivity index (χ3v) is 4.72. The molecule has 0 heterocycles. The van der Waals surface area contributed by atoms with Crippen molar-refractivity contribution >= 4 is 23.9 Å². The molecule has 32 heavy (non-hydrogen) atoms. The number of hydrazone groups is 1. The van der Waals surface area contributed by atoms with Crippen molar-refractivity contribution in [3.05, 3.63) is 70.8 Å². The van der Waals surface area contributed by atoms with E-state index in [1.807, 2.05) is 38.1 Å². The van der Waals surface area contributed by atoms with E-state index in [-0.39, 0.29) is 17.3 Å². The van der Waals surface area contributed by atoms with Crippen molar-refractivity contribution in [3.8, 4) is 11.9 Å². The van der Waals surface area contributed by atoms with Gasteiger partial charge < -0.3 is 9.84 Å².